The van der Waals surface area contributed by atoms with Gasteiger partial charge in [0.25, 0.3) is 0 Å². The van der Waals surface area contributed by atoms with E-state index in [1.54, 1.807) is 0 Å². The van der Waals surface area contributed by atoms with Crippen LogP contribution in [0, 0.1) is 5.92 Å². The maximum Gasteiger partial charge on any atom is 0.0774 e. The molecule has 0 spiro atoms. The molecule has 0 radical (unpaired) electrons. The first kappa shape index (κ1) is 13.3. The van der Waals surface area contributed by atoms with Crippen LogP contribution in [-0.2, 0) is 4.74 Å². The molecule has 2 aliphatic rings. The Balaban J connectivity index is 1.67. The first-order chi connectivity index (χ1) is 8.07. The number of aliphatic hydroxyl groups is 1. The van der Waals surface area contributed by atoms with Gasteiger partial charge in [0, 0.05) is 13.1 Å². The third-order valence-corrected chi connectivity index (χ3v) is 4.21. The Labute approximate surface area is 105 Å². The van der Waals surface area contributed by atoms with Crippen molar-refractivity contribution in [2.24, 2.45) is 5.92 Å². The summed E-state index contributed by atoms with van der Waals surface area (Å²) in [6.07, 6.45) is 7.43. The quantitative estimate of drug-likeness (QED) is 0.792. The van der Waals surface area contributed by atoms with Gasteiger partial charge in [0.05, 0.1) is 17.8 Å². The summed E-state index contributed by atoms with van der Waals surface area (Å²) in [7, 11) is 0. The summed E-state index contributed by atoms with van der Waals surface area (Å²) < 4.78 is 5.76. The molecule has 1 aliphatic carbocycles. The van der Waals surface area contributed by atoms with Gasteiger partial charge in [-0.25, -0.2) is 0 Å². The zero-order chi connectivity index (χ0) is 12.3. The largest absolute Gasteiger partial charge is 0.389 e. The van der Waals surface area contributed by atoms with Crippen molar-refractivity contribution in [2.75, 3.05) is 13.1 Å². The highest BCUT2D eigenvalue weighted by molar-refractivity contribution is 4.87. The first-order valence-electron chi connectivity index (χ1n) is 7.16. The van der Waals surface area contributed by atoms with Crippen LogP contribution in [0.1, 0.15) is 52.4 Å². The molecule has 3 heteroatoms. The molecule has 2 rings (SSSR count). The number of hydrogen-bond acceptors (Lipinski definition) is 3. The zero-order valence-corrected chi connectivity index (χ0v) is 11.2. The van der Waals surface area contributed by atoms with Crippen LogP contribution in [-0.4, -0.2) is 36.0 Å². The Hall–Kier alpha value is -0.120. The van der Waals surface area contributed by atoms with Crippen molar-refractivity contribution in [3.05, 3.63) is 0 Å². The minimum absolute atomic E-state index is 0.356. The average Bonchev–Trinajstić information content (AvgIpc) is 2.63. The van der Waals surface area contributed by atoms with Crippen molar-refractivity contribution < 1.29 is 9.84 Å². The zero-order valence-electron chi connectivity index (χ0n) is 11.2. The summed E-state index contributed by atoms with van der Waals surface area (Å²) in [5, 5.41) is 13.9. The van der Waals surface area contributed by atoms with Crippen molar-refractivity contribution in [1.82, 2.24) is 5.32 Å². The van der Waals surface area contributed by atoms with Crippen LogP contribution in [0.15, 0.2) is 0 Å². The molecule has 0 aromatic heterocycles. The van der Waals surface area contributed by atoms with E-state index < -0.39 is 5.60 Å². The summed E-state index contributed by atoms with van der Waals surface area (Å²) in [5.74, 6) is 0.665. The van der Waals surface area contributed by atoms with Crippen LogP contribution in [0.5, 0.6) is 0 Å². The Bertz CT molecular complexity index is 246. The highest BCUT2D eigenvalue weighted by Gasteiger charge is 2.32. The lowest BCUT2D eigenvalue weighted by Crippen LogP contribution is -2.45. The van der Waals surface area contributed by atoms with Crippen molar-refractivity contribution in [3.63, 3.8) is 0 Å². The normalized spacial score (nSPS) is 42.9. The standard InChI is InChI=1S/C14H27NO2/c1-11-4-3-7-14(16,8-11)10-15-9-13-6-5-12(2)17-13/h11-13,15-16H,3-10H2,1-2H3. The number of nitrogens with one attached hydrogen (secondary N) is 1. The fraction of sp³-hybridized carbons (Fsp3) is 1.00. The molecule has 17 heavy (non-hydrogen) atoms. The Morgan fingerprint density at radius 1 is 1.29 bits per heavy atom. The smallest absolute Gasteiger partial charge is 0.0774 e. The van der Waals surface area contributed by atoms with Crippen LogP contribution in [0.3, 0.4) is 0 Å². The molecule has 4 atom stereocenters. The second kappa shape index (κ2) is 5.68. The van der Waals surface area contributed by atoms with E-state index in [2.05, 4.69) is 19.2 Å². The van der Waals surface area contributed by atoms with Gasteiger partial charge in [-0.05, 0) is 38.5 Å². The van der Waals surface area contributed by atoms with Crippen LogP contribution < -0.4 is 5.32 Å². The first-order valence-corrected chi connectivity index (χ1v) is 7.16. The van der Waals surface area contributed by atoms with E-state index in [0.717, 1.165) is 38.8 Å². The van der Waals surface area contributed by atoms with E-state index in [-0.39, 0.29) is 0 Å². The Morgan fingerprint density at radius 2 is 2.12 bits per heavy atom. The molecule has 0 amide bonds. The lowest BCUT2D eigenvalue weighted by atomic mass is 9.79. The van der Waals surface area contributed by atoms with Crippen LogP contribution in [0.4, 0.5) is 0 Å². The fourth-order valence-corrected chi connectivity index (χ4v) is 3.29. The van der Waals surface area contributed by atoms with E-state index in [9.17, 15) is 5.11 Å². The second-order valence-corrected chi connectivity index (χ2v) is 6.20. The molecule has 100 valence electrons. The molecular weight excluding hydrogens is 214 g/mol. The van der Waals surface area contributed by atoms with Crippen LogP contribution >= 0.6 is 0 Å². The predicted octanol–water partition coefficient (Wildman–Crippen LogP) is 2.08. The summed E-state index contributed by atoms with van der Waals surface area (Å²) in [6.45, 7) is 5.99. The van der Waals surface area contributed by atoms with E-state index >= 15 is 0 Å². The summed E-state index contributed by atoms with van der Waals surface area (Å²) in [6, 6.07) is 0. The third kappa shape index (κ3) is 3.94. The number of ether oxygens (including phenoxy) is 1. The number of rotatable bonds is 4. The van der Waals surface area contributed by atoms with Gasteiger partial charge in [0.2, 0.25) is 0 Å². The van der Waals surface area contributed by atoms with Crippen LogP contribution in [0.2, 0.25) is 0 Å². The molecule has 0 aromatic rings. The molecule has 2 N–H and O–H groups in total. The molecule has 1 aliphatic heterocycles. The lowest BCUT2D eigenvalue weighted by molar-refractivity contribution is -0.0156. The highest BCUT2D eigenvalue weighted by Crippen LogP contribution is 2.31. The number of hydrogen-bond donors (Lipinski definition) is 2. The van der Waals surface area contributed by atoms with E-state index in [0.29, 0.717) is 18.1 Å². The van der Waals surface area contributed by atoms with Gasteiger partial charge in [-0.3, -0.25) is 0 Å². The van der Waals surface area contributed by atoms with Crippen molar-refractivity contribution in [3.8, 4) is 0 Å². The maximum absolute atomic E-state index is 10.5. The summed E-state index contributed by atoms with van der Waals surface area (Å²) >= 11 is 0. The second-order valence-electron chi connectivity index (χ2n) is 6.20. The van der Waals surface area contributed by atoms with Crippen molar-refractivity contribution in [2.45, 2.75) is 70.2 Å². The third-order valence-electron chi connectivity index (χ3n) is 4.21. The van der Waals surface area contributed by atoms with E-state index in [1.165, 1.54) is 12.8 Å². The monoisotopic (exact) mass is 241 g/mol. The molecular formula is C14H27NO2. The molecule has 4 unspecified atom stereocenters. The maximum atomic E-state index is 10.5. The van der Waals surface area contributed by atoms with Gasteiger partial charge >= 0.3 is 0 Å². The molecule has 0 bridgehead atoms. The SMILES string of the molecule is CC1CCCC(O)(CNCC2CCC(C)O2)C1. The minimum atomic E-state index is -0.470. The molecule has 1 saturated carbocycles. The molecule has 2 fully saturated rings. The molecule has 0 aromatic carbocycles. The average molecular weight is 241 g/mol. The van der Waals surface area contributed by atoms with Gasteiger partial charge in [-0.2, -0.15) is 0 Å². The molecule has 1 saturated heterocycles. The molecule has 1 heterocycles. The Morgan fingerprint density at radius 3 is 2.76 bits per heavy atom. The van der Waals surface area contributed by atoms with E-state index in [4.69, 9.17) is 4.74 Å². The van der Waals surface area contributed by atoms with Crippen molar-refractivity contribution in [1.29, 1.82) is 0 Å². The Kier molecular flexibility index (Phi) is 4.45. The topological polar surface area (TPSA) is 41.5 Å². The van der Waals surface area contributed by atoms with Gasteiger partial charge in [0.15, 0.2) is 0 Å². The predicted molar refractivity (Wildman–Crippen MR) is 69.0 cm³/mol. The lowest BCUT2D eigenvalue weighted by Gasteiger charge is -2.36. The van der Waals surface area contributed by atoms with Gasteiger partial charge in [-0.1, -0.05) is 19.8 Å². The minimum Gasteiger partial charge on any atom is -0.389 e. The highest BCUT2D eigenvalue weighted by atomic mass is 16.5. The summed E-state index contributed by atoms with van der Waals surface area (Å²) in [5.41, 5.74) is -0.470. The molecule has 3 nitrogen and oxygen atoms in total. The van der Waals surface area contributed by atoms with Gasteiger partial charge in [0.1, 0.15) is 0 Å². The van der Waals surface area contributed by atoms with Gasteiger partial charge in [-0.15, -0.1) is 0 Å². The fourth-order valence-electron chi connectivity index (χ4n) is 3.29. The van der Waals surface area contributed by atoms with Crippen molar-refractivity contribution >= 4 is 0 Å². The summed E-state index contributed by atoms with van der Waals surface area (Å²) in [4.78, 5) is 0. The van der Waals surface area contributed by atoms with Crippen LogP contribution in [0.25, 0.3) is 0 Å². The van der Waals surface area contributed by atoms with E-state index in [1.807, 2.05) is 0 Å². The van der Waals surface area contributed by atoms with Gasteiger partial charge < -0.3 is 15.2 Å².